The van der Waals surface area contributed by atoms with Gasteiger partial charge in [0.2, 0.25) is 5.78 Å². The van der Waals surface area contributed by atoms with E-state index in [0.717, 1.165) is 16.5 Å². The van der Waals surface area contributed by atoms with Crippen LogP contribution in [0.3, 0.4) is 0 Å². The molecule has 0 saturated heterocycles. The highest BCUT2D eigenvalue weighted by Crippen LogP contribution is 2.20. The number of ketones is 1. The van der Waals surface area contributed by atoms with Crippen LogP contribution in [0.5, 0.6) is 0 Å². The summed E-state index contributed by atoms with van der Waals surface area (Å²) in [6.07, 6.45) is 0. The van der Waals surface area contributed by atoms with E-state index in [1.807, 2.05) is 76.3 Å². The maximum atomic E-state index is 12.5. The molecule has 0 saturated carbocycles. The molecule has 0 aliphatic heterocycles. The monoisotopic (exact) mass is 280 g/mol. The zero-order valence-corrected chi connectivity index (χ0v) is 12.9. The van der Waals surface area contributed by atoms with Gasteiger partial charge in [-0.1, -0.05) is 61.9 Å². The molecule has 3 rings (SSSR count). The summed E-state index contributed by atoms with van der Waals surface area (Å²) in [5.74, 6) is -0.0307. The Hall–Kier alpha value is -2.42. The number of carbonyl (C=O) groups is 1. The number of hydrogen-bond acceptors (Lipinski definition) is 2. The van der Waals surface area contributed by atoms with E-state index in [0.29, 0.717) is 11.3 Å². The molecule has 0 amide bonds. The SMILES string of the molecule is CC.Cc1ccc(C(=O)c2nn(C)c3ccccc23)cc1. The summed E-state index contributed by atoms with van der Waals surface area (Å²) in [7, 11) is 1.86. The summed E-state index contributed by atoms with van der Waals surface area (Å²) in [5.41, 5.74) is 3.30. The van der Waals surface area contributed by atoms with Crippen molar-refractivity contribution in [3.05, 3.63) is 65.4 Å². The third kappa shape index (κ3) is 2.87. The van der Waals surface area contributed by atoms with Gasteiger partial charge in [-0.05, 0) is 13.0 Å². The fourth-order valence-corrected chi connectivity index (χ4v) is 2.22. The molecule has 3 nitrogen and oxygen atoms in total. The topological polar surface area (TPSA) is 34.9 Å². The molecule has 21 heavy (non-hydrogen) atoms. The predicted octanol–water partition coefficient (Wildman–Crippen LogP) is 4.14. The first-order valence-electron chi connectivity index (χ1n) is 7.20. The fourth-order valence-electron chi connectivity index (χ4n) is 2.22. The van der Waals surface area contributed by atoms with Gasteiger partial charge in [0.1, 0.15) is 5.69 Å². The quantitative estimate of drug-likeness (QED) is 0.661. The standard InChI is InChI=1S/C16H14N2O.C2H6/c1-11-7-9-12(10-8-11)16(19)15-13-5-3-4-6-14(13)18(2)17-15;1-2/h3-10H,1-2H3;1-2H3. The van der Waals surface area contributed by atoms with Crippen LogP contribution in [0.4, 0.5) is 0 Å². The molecule has 2 aromatic carbocycles. The van der Waals surface area contributed by atoms with Gasteiger partial charge in [-0.2, -0.15) is 5.10 Å². The lowest BCUT2D eigenvalue weighted by Gasteiger charge is -1.99. The summed E-state index contributed by atoms with van der Waals surface area (Å²) in [6.45, 7) is 6.00. The Labute approximate surface area is 125 Å². The van der Waals surface area contributed by atoms with E-state index in [-0.39, 0.29) is 5.78 Å². The Balaban J connectivity index is 0.000000774. The number of benzene rings is 2. The van der Waals surface area contributed by atoms with Gasteiger partial charge < -0.3 is 0 Å². The van der Waals surface area contributed by atoms with Crippen LogP contribution in [0, 0.1) is 6.92 Å². The molecule has 0 bridgehead atoms. The third-order valence-corrected chi connectivity index (χ3v) is 3.29. The first kappa shape index (κ1) is 15.0. The van der Waals surface area contributed by atoms with Crippen molar-refractivity contribution in [3.63, 3.8) is 0 Å². The van der Waals surface area contributed by atoms with Crippen LogP contribution in [0.15, 0.2) is 48.5 Å². The van der Waals surface area contributed by atoms with Gasteiger partial charge in [0.15, 0.2) is 0 Å². The van der Waals surface area contributed by atoms with E-state index in [1.54, 1.807) is 4.68 Å². The largest absolute Gasteiger partial charge is 0.287 e. The molecular formula is C18H20N2O. The van der Waals surface area contributed by atoms with Gasteiger partial charge in [-0.25, -0.2) is 0 Å². The van der Waals surface area contributed by atoms with Gasteiger partial charge >= 0.3 is 0 Å². The molecule has 0 radical (unpaired) electrons. The van der Waals surface area contributed by atoms with Crippen molar-refractivity contribution in [3.8, 4) is 0 Å². The van der Waals surface area contributed by atoms with Crippen LogP contribution >= 0.6 is 0 Å². The second-order valence-electron chi connectivity index (χ2n) is 4.68. The van der Waals surface area contributed by atoms with Gasteiger partial charge in [-0.3, -0.25) is 9.48 Å². The number of aromatic nitrogens is 2. The van der Waals surface area contributed by atoms with Crippen LogP contribution in [-0.2, 0) is 7.05 Å². The lowest BCUT2D eigenvalue weighted by Crippen LogP contribution is -2.03. The molecule has 3 aromatic rings. The molecule has 0 spiro atoms. The second kappa shape index (κ2) is 6.35. The molecule has 0 fully saturated rings. The van der Waals surface area contributed by atoms with Crippen molar-refractivity contribution in [2.24, 2.45) is 7.05 Å². The Kier molecular flexibility index (Phi) is 4.53. The Morgan fingerprint density at radius 3 is 2.29 bits per heavy atom. The lowest BCUT2D eigenvalue weighted by molar-refractivity contribution is 0.103. The Bertz CT molecular complexity index is 754. The molecule has 0 N–H and O–H groups in total. The number of para-hydroxylation sites is 1. The summed E-state index contributed by atoms with van der Waals surface area (Å²) in [4.78, 5) is 12.5. The lowest BCUT2D eigenvalue weighted by atomic mass is 10.0. The number of aryl methyl sites for hydroxylation is 2. The van der Waals surface area contributed by atoms with Crippen molar-refractivity contribution >= 4 is 16.7 Å². The summed E-state index contributed by atoms with van der Waals surface area (Å²) in [6, 6.07) is 15.4. The molecule has 0 atom stereocenters. The highest BCUT2D eigenvalue weighted by molar-refractivity contribution is 6.14. The average molecular weight is 280 g/mol. The van der Waals surface area contributed by atoms with E-state index in [4.69, 9.17) is 0 Å². The Morgan fingerprint density at radius 2 is 1.62 bits per heavy atom. The fraction of sp³-hybridized carbons (Fsp3) is 0.222. The van der Waals surface area contributed by atoms with Gasteiger partial charge in [0.05, 0.1) is 5.52 Å². The van der Waals surface area contributed by atoms with Crippen LogP contribution < -0.4 is 0 Å². The molecule has 0 aliphatic carbocycles. The first-order valence-corrected chi connectivity index (χ1v) is 7.20. The molecule has 0 unspecified atom stereocenters. The maximum absolute atomic E-state index is 12.5. The molecule has 1 aromatic heterocycles. The van der Waals surface area contributed by atoms with E-state index >= 15 is 0 Å². The maximum Gasteiger partial charge on any atom is 0.213 e. The average Bonchev–Trinajstić information content (AvgIpc) is 2.87. The minimum Gasteiger partial charge on any atom is -0.287 e. The number of nitrogens with zero attached hydrogens (tertiary/aromatic N) is 2. The molecule has 3 heteroatoms. The van der Waals surface area contributed by atoms with Crippen molar-refractivity contribution < 1.29 is 4.79 Å². The summed E-state index contributed by atoms with van der Waals surface area (Å²) < 4.78 is 1.75. The highest BCUT2D eigenvalue weighted by Gasteiger charge is 2.17. The highest BCUT2D eigenvalue weighted by atomic mass is 16.1. The van der Waals surface area contributed by atoms with E-state index in [2.05, 4.69) is 5.10 Å². The smallest absolute Gasteiger partial charge is 0.213 e. The number of hydrogen-bond donors (Lipinski definition) is 0. The van der Waals surface area contributed by atoms with Crippen LogP contribution in [0.2, 0.25) is 0 Å². The molecule has 1 heterocycles. The van der Waals surface area contributed by atoms with Crippen LogP contribution in [0.1, 0.15) is 35.5 Å². The minimum atomic E-state index is -0.0307. The first-order chi connectivity index (χ1) is 10.2. The van der Waals surface area contributed by atoms with Gasteiger partial charge in [0.25, 0.3) is 0 Å². The van der Waals surface area contributed by atoms with E-state index in [9.17, 15) is 4.79 Å². The molecular weight excluding hydrogens is 260 g/mol. The third-order valence-electron chi connectivity index (χ3n) is 3.29. The second-order valence-corrected chi connectivity index (χ2v) is 4.68. The zero-order chi connectivity index (χ0) is 15.4. The number of rotatable bonds is 2. The van der Waals surface area contributed by atoms with Crippen molar-refractivity contribution in [1.82, 2.24) is 9.78 Å². The molecule has 108 valence electrons. The Morgan fingerprint density at radius 1 is 1.00 bits per heavy atom. The van der Waals surface area contributed by atoms with Crippen molar-refractivity contribution in [1.29, 1.82) is 0 Å². The van der Waals surface area contributed by atoms with Gasteiger partial charge in [-0.15, -0.1) is 0 Å². The summed E-state index contributed by atoms with van der Waals surface area (Å²) >= 11 is 0. The zero-order valence-electron chi connectivity index (χ0n) is 12.9. The number of carbonyl (C=O) groups excluding carboxylic acids is 1. The predicted molar refractivity (Wildman–Crippen MR) is 86.7 cm³/mol. The van der Waals surface area contributed by atoms with Crippen LogP contribution in [-0.4, -0.2) is 15.6 Å². The van der Waals surface area contributed by atoms with Crippen LogP contribution in [0.25, 0.3) is 10.9 Å². The number of fused-ring (bicyclic) bond motifs is 1. The van der Waals surface area contributed by atoms with E-state index in [1.165, 1.54) is 0 Å². The van der Waals surface area contributed by atoms with E-state index < -0.39 is 0 Å². The molecule has 0 aliphatic rings. The minimum absolute atomic E-state index is 0.0307. The van der Waals surface area contributed by atoms with Crippen molar-refractivity contribution in [2.45, 2.75) is 20.8 Å². The van der Waals surface area contributed by atoms with Gasteiger partial charge in [0, 0.05) is 18.0 Å². The normalized spacial score (nSPS) is 10.1. The summed E-state index contributed by atoms with van der Waals surface area (Å²) in [5, 5.41) is 5.25. The van der Waals surface area contributed by atoms with Crippen molar-refractivity contribution in [2.75, 3.05) is 0 Å².